The maximum atomic E-state index is 12.8. The molecule has 1 aliphatic carbocycles. The maximum absolute atomic E-state index is 12.8. The summed E-state index contributed by atoms with van der Waals surface area (Å²) in [5.74, 6) is -3.76. The summed E-state index contributed by atoms with van der Waals surface area (Å²) in [6.45, 7) is 9.83. The molecule has 0 bridgehead atoms. The largest absolute Gasteiger partial charge is 0.547 e. The minimum atomic E-state index is -2.38. The number of aliphatic hydroxyl groups is 2. The Morgan fingerprint density at radius 3 is 2.61 bits per heavy atom. The van der Waals surface area contributed by atoms with Gasteiger partial charge in [0.15, 0.2) is 6.10 Å². The first-order chi connectivity index (χ1) is 17.1. The Balaban J connectivity index is 0.000000308. The van der Waals surface area contributed by atoms with Gasteiger partial charge in [-0.3, -0.25) is 4.79 Å². The van der Waals surface area contributed by atoms with E-state index in [0.29, 0.717) is 6.04 Å². The molecule has 6 atom stereocenters. The fraction of sp³-hybridized carbons (Fsp3) is 0.423. The minimum absolute atomic E-state index is 0.0825. The first-order valence-electron chi connectivity index (χ1n) is 12.0. The fourth-order valence-corrected chi connectivity index (χ4v) is 4.74. The minimum Gasteiger partial charge on any atom is -0.547 e. The molecule has 4 rings (SSSR count). The van der Waals surface area contributed by atoms with E-state index in [1.807, 2.05) is 6.08 Å². The summed E-state index contributed by atoms with van der Waals surface area (Å²) in [7, 11) is 0. The van der Waals surface area contributed by atoms with E-state index < -0.39 is 24.1 Å². The van der Waals surface area contributed by atoms with Crippen molar-refractivity contribution in [3.63, 3.8) is 0 Å². The molecule has 1 unspecified atom stereocenters. The molecular weight excluding hydrogens is 466 g/mol. The van der Waals surface area contributed by atoms with Gasteiger partial charge in [-0.25, -0.2) is 4.79 Å². The van der Waals surface area contributed by atoms with Gasteiger partial charge in [-0.2, -0.15) is 0 Å². The number of hydrogen-bond acceptors (Lipinski definition) is 6. The van der Waals surface area contributed by atoms with E-state index in [1.54, 1.807) is 0 Å². The number of rotatable bonds is 8. The number of hydrogen-bond donors (Lipinski definition) is 6. The normalized spacial score (nSPS) is 22.7. The zero-order chi connectivity index (χ0) is 26.6. The van der Waals surface area contributed by atoms with Crippen LogP contribution in [0.1, 0.15) is 31.4 Å². The molecule has 2 aromatic rings. The number of quaternary nitrogens is 1. The average molecular weight is 500 g/mol. The number of carboxylic acid groups (broad SMARTS) is 2. The second-order valence-corrected chi connectivity index (χ2v) is 9.25. The summed E-state index contributed by atoms with van der Waals surface area (Å²) in [5, 5.41) is 38.6. The molecule has 6 N–H and O–H groups in total. The monoisotopic (exact) mass is 499 g/mol. The van der Waals surface area contributed by atoms with Crippen molar-refractivity contribution in [3.8, 4) is 0 Å². The summed E-state index contributed by atoms with van der Waals surface area (Å²) in [5.41, 5.74) is 5.20. The van der Waals surface area contributed by atoms with Crippen LogP contribution in [0.4, 0.5) is 0 Å². The van der Waals surface area contributed by atoms with Crippen molar-refractivity contribution in [1.82, 2.24) is 10.3 Å². The number of H-pyrrole nitrogens is 1. The van der Waals surface area contributed by atoms with E-state index >= 15 is 0 Å². The van der Waals surface area contributed by atoms with Crippen LogP contribution < -0.4 is 15.3 Å². The van der Waals surface area contributed by atoms with Gasteiger partial charge in [0.25, 0.3) is 0 Å². The van der Waals surface area contributed by atoms with Gasteiger partial charge in [0.05, 0.1) is 19.1 Å². The smallest absolute Gasteiger partial charge is 0.335 e. The number of aliphatic carboxylic acids is 2. The molecule has 36 heavy (non-hydrogen) atoms. The van der Waals surface area contributed by atoms with Gasteiger partial charge in [-0.05, 0) is 36.6 Å². The topological polar surface area (TPSA) is 167 Å². The SMILES string of the molecule is C=CC[NH+]1C[C@@H](C(=O)N[C@H](C)CC)C=C2c3cccc4[nH]cc(c34)C[C@H]21.O=C([O-])[C@@H](O)[C@H](O)C(=O)O. The van der Waals surface area contributed by atoms with Crippen LogP contribution in [-0.4, -0.2) is 75.5 Å². The molecule has 1 amide bonds. The van der Waals surface area contributed by atoms with Crippen LogP contribution in [0.25, 0.3) is 16.5 Å². The number of aromatic amines is 1. The van der Waals surface area contributed by atoms with Crippen LogP contribution in [0.15, 0.2) is 43.1 Å². The number of carbonyl (C=O) groups excluding carboxylic acids is 2. The summed E-state index contributed by atoms with van der Waals surface area (Å²) in [6, 6.07) is 7.06. The van der Waals surface area contributed by atoms with Crippen molar-refractivity contribution in [1.29, 1.82) is 0 Å². The molecule has 1 aromatic heterocycles. The highest BCUT2D eigenvalue weighted by Crippen LogP contribution is 2.37. The molecule has 0 fully saturated rings. The summed E-state index contributed by atoms with van der Waals surface area (Å²) >= 11 is 0. The van der Waals surface area contributed by atoms with Gasteiger partial charge in [0.2, 0.25) is 5.91 Å². The van der Waals surface area contributed by atoms with E-state index in [0.717, 1.165) is 25.9 Å². The predicted octanol–water partition coefficient (Wildman–Crippen LogP) is -1.37. The van der Waals surface area contributed by atoms with Crippen molar-refractivity contribution in [2.75, 3.05) is 13.1 Å². The van der Waals surface area contributed by atoms with Crippen molar-refractivity contribution in [3.05, 3.63) is 54.3 Å². The number of amides is 1. The average Bonchev–Trinajstić information content (AvgIpc) is 3.27. The van der Waals surface area contributed by atoms with Gasteiger partial charge in [0.1, 0.15) is 18.1 Å². The number of benzene rings is 1. The third kappa shape index (κ3) is 5.67. The highest BCUT2D eigenvalue weighted by molar-refractivity contribution is 5.99. The van der Waals surface area contributed by atoms with Crippen LogP contribution >= 0.6 is 0 Å². The van der Waals surface area contributed by atoms with E-state index in [4.69, 9.17) is 15.3 Å². The van der Waals surface area contributed by atoms with Gasteiger partial charge in [-0.15, -0.1) is 0 Å². The van der Waals surface area contributed by atoms with Gasteiger partial charge < -0.3 is 40.4 Å². The second kappa shape index (κ2) is 11.5. The number of carboxylic acids is 2. The van der Waals surface area contributed by atoms with E-state index in [-0.39, 0.29) is 17.9 Å². The molecule has 2 heterocycles. The lowest BCUT2D eigenvalue weighted by Crippen LogP contribution is -3.17. The van der Waals surface area contributed by atoms with E-state index in [1.165, 1.54) is 32.5 Å². The molecule has 0 saturated carbocycles. The van der Waals surface area contributed by atoms with E-state index in [2.05, 4.69) is 61.2 Å². The number of carbonyl (C=O) groups is 3. The molecule has 2 aliphatic rings. The van der Waals surface area contributed by atoms with Crippen molar-refractivity contribution in [2.45, 2.75) is 51.0 Å². The van der Waals surface area contributed by atoms with Gasteiger partial charge in [-0.1, -0.05) is 31.7 Å². The lowest BCUT2D eigenvalue weighted by Gasteiger charge is -2.38. The third-order valence-electron chi connectivity index (χ3n) is 6.79. The molecule has 0 saturated heterocycles. The highest BCUT2D eigenvalue weighted by Gasteiger charge is 2.40. The third-order valence-corrected chi connectivity index (χ3v) is 6.79. The van der Waals surface area contributed by atoms with Crippen molar-refractivity contribution < 1.29 is 39.7 Å². The quantitative estimate of drug-likeness (QED) is 0.244. The van der Waals surface area contributed by atoms with Crippen LogP contribution in [0, 0.1) is 5.92 Å². The standard InChI is InChI=1S/C22H27N3O.C4H6O6/c1-4-9-25-13-16(22(26)24-14(3)5-2)10-18-17-7-6-8-19-21(17)15(12-23-19)11-20(18)25;5-1(3(7)8)2(6)4(9)10/h4,6-8,10,12,14,16,20,23H,1,5,9,11,13H2,2-3H3,(H,24,26);1-2,5-6H,(H,7,8)(H,9,10)/t14-,16+,20-;1-,2-/m10/s1. The van der Waals surface area contributed by atoms with Crippen LogP contribution in [0.3, 0.4) is 0 Å². The summed E-state index contributed by atoms with van der Waals surface area (Å²) in [6.07, 6.45) is 3.63. The maximum Gasteiger partial charge on any atom is 0.335 e. The Labute approximate surface area is 208 Å². The number of aromatic nitrogens is 1. The molecule has 1 aliphatic heterocycles. The Morgan fingerprint density at radius 1 is 1.31 bits per heavy atom. The zero-order valence-electron chi connectivity index (χ0n) is 20.4. The Hall–Kier alpha value is -3.47. The van der Waals surface area contributed by atoms with Crippen LogP contribution in [0.5, 0.6) is 0 Å². The Kier molecular flexibility index (Phi) is 8.67. The lowest BCUT2D eigenvalue weighted by molar-refractivity contribution is -0.914. The predicted molar refractivity (Wildman–Crippen MR) is 131 cm³/mol. The van der Waals surface area contributed by atoms with Gasteiger partial charge >= 0.3 is 5.97 Å². The molecule has 1 aromatic carbocycles. The Morgan fingerprint density at radius 2 is 2.03 bits per heavy atom. The van der Waals surface area contributed by atoms with Crippen molar-refractivity contribution in [2.24, 2.45) is 5.92 Å². The van der Waals surface area contributed by atoms with Gasteiger partial charge in [0, 0.05) is 35.1 Å². The fourth-order valence-electron chi connectivity index (χ4n) is 4.74. The molecule has 0 radical (unpaired) electrons. The van der Waals surface area contributed by atoms with Crippen LogP contribution in [0.2, 0.25) is 0 Å². The molecule has 10 nitrogen and oxygen atoms in total. The number of nitrogens with one attached hydrogen (secondary N) is 3. The lowest BCUT2D eigenvalue weighted by atomic mass is 9.79. The van der Waals surface area contributed by atoms with Crippen molar-refractivity contribution >= 4 is 34.3 Å². The molecule has 10 heteroatoms. The first-order valence-corrected chi connectivity index (χ1v) is 12.0. The second-order valence-electron chi connectivity index (χ2n) is 9.25. The summed E-state index contributed by atoms with van der Waals surface area (Å²) in [4.78, 5) is 37.1. The summed E-state index contributed by atoms with van der Waals surface area (Å²) < 4.78 is 0. The first kappa shape index (κ1) is 27.1. The molecule has 194 valence electrons. The molecular formula is C26H33N3O7. The Bertz CT molecular complexity index is 1150. The number of aliphatic hydroxyl groups excluding tert-OH is 2. The van der Waals surface area contributed by atoms with Crippen LogP contribution in [-0.2, 0) is 20.8 Å². The highest BCUT2D eigenvalue weighted by atomic mass is 16.4. The zero-order valence-corrected chi connectivity index (χ0v) is 20.4. The molecule has 0 spiro atoms. The van der Waals surface area contributed by atoms with E-state index in [9.17, 15) is 19.5 Å². The number of fused-ring (bicyclic) bond motifs is 2.